The monoisotopic (exact) mass is 419 g/mol. The second-order valence-corrected chi connectivity index (χ2v) is 8.73. The molecule has 1 aromatic carbocycles. The lowest BCUT2D eigenvalue weighted by Gasteiger charge is -2.33. The molecule has 1 aromatic heterocycles. The van der Waals surface area contributed by atoms with Gasteiger partial charge in [0, 0.05) is 48.3 Å². The van der Waals surface area contributed by atoms with Crippen LogP contribution in [0.25, 0.3) is 0 Å². The number of aryl methyl sites for hydroxylation is 1. The van der Waals surface area contributed by atoms with E-state index in [9.17, 15) is 0 Å². The van der Waals surface area contributed by atoms with Gasteiger partial charge in [0.2, 0.25) is 0 Å². The molecule has 0 aliphatic carbocycles. The molecular weight excluding hydrogens is 390 g/mol. The Morgan fingerprint density at radius 1 is 1.25 bits per heavy atom. The molecule has 152 valence electrons. The third-order valence-electron chi connectivity index (χ3n) is 4.91. The lowest BCUT2D eigenvalue weighted by atomic mass is 10.0. The Labute approximate surface area is 177 Å². The van der Waals surface area contributed by atoms with Crippen molar-refractivity contribution in [3.05, 3.63) is 50.9 Å². The Hall–Kier alpha value is -1.63. The molecular formula is C21H30ClN5S. The number of thiazole rings is 1. The van der Waals surface area contributed by atoms with Crippen LogP contribution in [0.5, 0.6) is 0 Å². The average Bonchev–Trinajstić information content (AvgIpc) is 3.18. The molecule has 3 rings (SSSR count). The fourth-order valence-electron chi connectivity index (χ4n) is 3.33. The minimum absolute atomic E-state index is 0.460. The van der Waals surface area contributed by atoms with Crippen molar-refractivity contribution in [3.8, 4) is 0 Å². The van der Waals surface area contributed by atoms with Crippen LogP contribution in [0.3, 0.4) is 0 Å². The van der Waals surface area contributed by atoms with Crippen LogP contribution in [-0.2, 0) is 19.5 Å². The van der Waals surface area contributed by atoms with E-state index < -0.39 is 0 Å². The van der Waals surface area contributed by atoms with Gasteiger partial charge in [-0.1, -0.05) is 30.7 Å². The zero-order chi connectivity index (χ0) is 19.8. The van der Waals surface area contributed by atoms with Gasteiger partial charge in [-0.3, -0.25) is 4.90 Å². The normalized spacial score (nSPS) is 16.3. The number of nitrogens with one attached hydrogen (secondary N) is 2. The highest BCUT2D eigenvalue weighted by atomic mass is 35.5. The summed E-state index contributed by atoms with van der Waals surface area (Å²) in [5, 5.41) is 8.85. The molecule has 0 amide bonds. The summed E-state index contributed by atoms with van der Waals surface area (Å²) in [5.74, 6) is 0.895. The van der Waals surface area contributed by atoms with E-state index in [1.54, 1.807) is 11.3 Å². The zero-order valence-electron chi connectivity index (χ0n) is 16.7. The summed E-state index contributed by atoms with van der Waals surface area (Å²) in [4.78, 5) is 13.0. The largest absolute Gasteiger partial charge is 0.357 e. The Kier molecular flexibility index (Phi) is 8.13. The predicted molar refractivity (Wildman–Crippen MR) is 119 cm³/mol. The van der Waals surface area contributed by atoms with Gasteiger partial charge in [-0.05, 0) is 43.9 Å². The van der Waals surface area contributed by atoms with E-state index in [-0.39, 0.29) is 0 Å². The predicted octanol–water partition coefficient (Wildman–Crippen LogP) is 4.08. The average molecular weight is 420 g/mol. The van der Waals surface area contributed by atoms with Crippen LogP contribution in [-0.4, -0.2) is 41.5 Å². The maximum absolute atomic E-state index is 5.98. The third kappa shape index (κ3) is 6.47. The van der Waals surface area contributed by atoms with Crippen LogP contribution in [0, 0.1) is 0 Å². The lowest BCUT2D eigenvalue weighted by Crippen LogP contribution is -2.48. The zero-order valence-corrected chi connectivity index (χ0v) is 18.3. The molecule has 1 fully saturated rings. The van der Waals surface area contributed by atoms with Crippen molar-refractivity contribution >= 4 is 28.9 Å². The summed E-state index contributed by atoms with van der Waals surface area (Å²) < 4.78 is 0. The van der Waals surface area contributed by atoms with Crippen LogP contribution in [0.15, 0.2) is 35.5 Å². The highest BCUT2D eigenvalue weighted by Gasteiger charge is 2.20. The standard InChI is InChI=1S/C21H30ClN5S/c1-3-19-13-24-20(28-19)14-25-21(23-4-2)26-18-9-11-27(12-10-18)15-16-5-7-17(22)8-6-16/h5-8,13,18H,3-4,9-12,14-15H2,1-2H3,(H2,23,25,26). The van der Waals surface area contributed by atoms with Gasteiger partial charge in [-0.25, -0.2) is 9.98 Å². The summed E-state index contributed by atoms with van der Waals surface area (Å²) in [5.41, 5.74) is 1.32. The molecule has 7 heteroatoms. The van der Waals surface area contributed by atoms with Gasteiger partial charge in [0.15, 0.2) is 5.96 Å². The van der Waals surface area contributed by atoms with Crippen molar-refractivity contribution in [3.63, 3.8) is 0 Å². The van der Waals surface area contributed by atoms with Gasteiger partial charge >= 0.3 is 0 Å². The van der Waals surface area contributed by atoms with E-state index in [1.165, 1.54) is 10.4 Å². The number of likely N-dealkylation sites (tertiary alicyclic amines) is 1. The van der Waals surface area contributed by atoms with Gasteiger partial charge in [0.25, 0.3) is 0 Å². The van der Waals surface area contributed by atoms with Crippen LogP contribution >= 0.6 is 22.9 Å². The minimum atomic E-state index is 0.460. The smallest absolute Gasteiger partial charge is 0.191 e. The number of nitrogens with zero attached hydrogens (tertiary/aromatic N) is 3. The van der Waals surface area contributed by atoms with Gasteiger partial charge < -0.3 is 10.6 Å². The highest BCUT2D eigenvalue weighted by Crippen LogP contribution is 2.16. The molecule has 5 nitrogen and oxygen atoms in total. The number of benzene rings is 1. The number of aliphatic imine (C=N–C) groups is 1. The van der Waals surface area contributed by atoms with E-state index in [4.69, 9.17) is 16.6 Å². The molecule has 28 heavy (non-hydrogen) atoms. The lowest BCUT2D eigenvalue weighted by molar-refractivity contribution is 0.198. The van der Waals surface area contributed by atoms with Crippen molar-refractivity contribution < 1.29 is 0 Å². The van der Waals surface area contributed by atoms with Gasteiger partial charge in [-0.2, -0.15) is 0 Å². The van der Waals surface area contributed by atoms with Crippen molar-refractivity contribution in [2.45, 2.75) is 52.2 Å². The van der Waals surface area contributed by atoms with Crippen LogP contribution in [0.4, 0.5) is 0 Å². The SMILES string of the molecule is CCNC(=NCc1ncc(CC)s1)NC1CCN(Cc2ccc(Cl)cc2)CC1. The number of hydrogen-bond acceptors (Lipinski definition) is 4. The molecule has 2 N–H and O–H groups in total. The van der Waals surface area contributed by atoms with Gasteiger partial charge in [0.05, 0.1) is 6.54 Å². The molecule has 0 spiro atoms. The topological polar surface area (TPSA) is 52.6 Å². The van der Waals surface area contributed by atoms with Crippen molar-refractivity contribution in [2.24, 2.45) is 4.99 Å². The Bertz CT molecular complexity index is 750. The molecule has 0 radical (unpaired) electrons. The molecule has 2 aromatic rings. The molecule has 0 saturated carbocycles. The number of aromatic nitrogens is 1. The summed E-state index contributed by atoms with van der Waals surface area (Å²) in [6.45, 7) is 8.92. The van der Waals surface area contributed by atoms with Crippen LogP contribution in [0.2, 0.25) is 5.02 Å². The summed E-state index contributed by atoms with van der Waals surface area (Å²) >= 11 is 7.73. The Morgan fingerprint density at radius 3 is 2.64 bits per heavy atom. The third-order valence-corrected chi connectivity index (χ3v) is 6.29. The second-order valence-electron chi connectivity index (χ2n) is 7.09. The first-order valence-corrected chi connectivity index (χ1v) is 11.3. The highest BCUT2D eigenvalue weighted by molar-refractivity contribution is 7.11. The molecule has 2 heterocycles. The molecule has 0 bridgehead atoms. The maximum atomic E-state index is 5.98. The van der Waals surface area contributed by atoms with Crippen molar-refractivity contribution in [1.29, 1.82) is 0 Å². The molecule has 1 saturated heterocycles. The summed E-state index contributed by atoms with van der Waals surface area (Å²) in [7, 11) is 0. The molecule has 0 atom stereocenters. The first-order valence-electron chi connectivity index (χ1n) is 10.1. The van der Waals surface area contributed by atoms with Crippen LogP contribution in [0.1, 0.15) is 42.1 Å². The number of rotatable bonds is 7. The Balaban J connectivity index is 1.47. The van der Waals surface area contributed by atoms with Crippen LogP contribution < -0.4 is 10.6 Å². The second kappa shape index (κ2) is 10.8. The fraction of sp³-hybridized carbons (Fsp3) is 0.524. The van der Waals surface area contributed by atoms with Gasteiger partial charge in [-0.15, -0.1) is 11.3 Å². The van der Waals surface area contributed by atoms with E-state index >= 15 is 0 Å². The maximum Gasteiger partial charge on any atom is 0.191 e. The summed E-state index contributed by atoms with van der Waals surface area (Å²) in [6.07, 6.45) is 5.24. The Morgan fingerprint density at radius 2 is 2.00 bits per heavy atom. The van der Waals surface area contributed by atoms with E-state index in [1.807, 2.05) is 18.3 Å². The van der Waals surface area contributed by atoms with Crippen molar-refractivity contribution in [2.75, 3.05) is 19.6 Å². The van der Waals surface area contributed by atoms with Crippen molar-refractivity contribution in [1.82, 2.24) is 20.5 Å². The molecule has 0 unspecified atom stereocenters. The number of piperidine rings is 1. The summed E-state index contributed by atoms with van der Waals surface area (Å²) in [6, 6.07) is 8.63. The van der Waals surface area contributed by atoms with E-state index in [2.05, 4.69) is 46.5 Å². The number of guanidine groups is 1. The number of hydrogen-bond donors (Lipinski definition) is 2. The minimum Gasteiger partial charge on any atom is -0.357 e. The number of halogens is 1. The van der Waals surface area contributed by atoms with E-state index in [0.717, 1.165) is 61.4 Å². The molecule has 1 aliphatic rings. The first-order chi connectivity index (χ1) is 13.7. The molecule has 1 aliphatic heterocycles. The van der Waals surface area contributed by atoms with Gasteiger partial charge in [0.1, 0.15) is 5.01 Å². The first kappa shape index (κ1) is 21.1. The quantitative estimate of drug-likeness (QED) is 0.524. The fourth-order valence-corrected chi connectivity index (χ4v) is 4.24. The van der Waals surface area contributed by atoms with E-state index in [0.29, 0.717) is 12.6 Å².